The third-order valence-electron chi connectivity index (χ3n) is 3.21. The van der Waals surface area contributed by atoms with Gasteiger partial charge in [0.25, 0.3) is 0 Å². The van der Waals surface area contributed by atoms with Crippen molar-refractivity contribution in [3.63, 3.8) is 0 Å². The molecule has 1 aromatic heterocycles. The lowest BCUT2D eigenvalue weighted by Crippen LogP contribution is -2.14. The molecule has 0 aliphatic rings. The van der Waals surface area contributed by atoms with Gasteiger partial charge in [0.15, 0.2) is 0 Å². The Bertz CT molecular complexity index is 548. The predicted molar refractivity (Wildman–Crippen MR) is 85.0 cm³/mol. The number of nitrogens with zero attached hydrogens (tertiary/aromatic N) is 2. The molecule has 0 bridgehead atoms. The van der Waals surface area contributed by atoms with Crippen LogP contribution in [0.4, 0.5) is 0 Å². The summed E-state index contributed by atoms with van der Waals surface area (Å²) in [6.07, 6.45) is 6.23. The van der Waals surface area contributed by atoms with Gasteiger partial charge in [-0.15, -0.1) is 0 Å². The molecule has 0 aliphatic heterocycles. The van der Waals surface area contributed by atoms with E-state index in [4.69, 9.17) is 11.6 Å². The second kappa shape index (κ2) is 7.46. The number of hydrogen-bond acceptors (Lipinski definition) is 2. The van der Waals surface area contributed by atoms with E-state index < -0.39 is 0 Å². The highest BCUT2D eigenvalue weighted by atomic mass is 35.5. The highest BCUT2D eigenvalue weighted by Crippen LogP contribution is 2.25. The monoisotopic (exact) mass is 291 g/mol. The van der Waals surface area contributed by atoms with Gasteiger partial charge in [0, 0.05) is 29.9 Å². The first-order chi connectivity index (χ1) is 9.74. The summed E-state index contributed by atoms with van der Waals surface area (Å²) < 4.78 is 1.99. The molecule has 1 heterocycles. The van der Waals surface area contributed by atoms with Gasteiger partial charge < -0.3 is 5.32 Å². The van der Waals surface area contributed by atoms with Crippen molar-refractivity contribution in [2.45, 2.75) is 39.8 Å². The van der Waals surface area contributed by atoms with Crippen LogP contribution in [0.3, 0.4) is 0 Å². The molecule has 0 aliphatic carbocycles. The van der Waals surface area contributed by atoms with Gasteiger partial charge in [-0.2, -0.15) is 5.10 Å². The minimum absolute atomic E-state index is 0.809. The molecule has 1 aromatic carbocycles. The maximum atomic E-state index is 6.26. The Kier molecular flexibility index (Phi) is 5.62. The summed E-state index contributed by atoms with van der Waals surface area (Å²) in [6.45, 7) is 7.09. The van der Waals surface area contributed by atoms with Crippen molar-refractivity contribution in [1.82, 2.24) is 15.1 Å². The van der Waals surface area contributed by atoms with E-state index >= 15 is 0 Å². The van der Waals surface area contributed by atoms with Crippen molar-refractivity contribution in [3.05, 3.63) is 41.2 Å². The summed E-state index contributed by atoms with van der Waals surface area (Å²) in [6, 6.07) is 6.17. The zero-order valence-electron chi connectivity index (χ0n) is 12.2. The van der Waals surface area contributed by atoms with Crippen LogP contribution in [-0.2, 0) is 13.1 Å². The third-order valence-corrected chi connectivity index (χ3v) is 3.58. The Morgan fingerprint density at radius 2 is 2.05 bits per heavy atom. The molecular formula is C16H22ClN3. The van der Waals surface area contributed by atoms with Crippen LogP contribution in [0.2, 0.25) is 5.02 Å². The first-order valence-corrected chi connectivity index (χ1v) is 7.64. The summed E-state index contributed by atoms with van der Waals surface area (Å²) in [5.41, 5.74) is 3.46. The van der Waals surface area contributed by atoms with E-state index in [1.807, 2.05) is 16.9 Å². The standard InChI is InChI=1S/C16H22ClN3/c1-3-7-18-10-14-9-13(5-6-16(14)17)15-11-19-20(12-15)8-4-2/h5-6,9,11-12,18H,3-4,7-8,10H2,1-2H3. The Balaban J connectivity index is 2.16. The van der Waals surface area contributed by atoms with E-state index in [2.05, 4.69) is 42.6 Å². The Labute approximate surface area is 126 Å². The van der Waals surface area contributed by atoms with Crippen molar-refractivity contribution in [2.24, 2.45) is 0 Å². The predicted octanol–water partition coefficient (Wildman–Crippen LogP) is 4.11. The van der Waals surface area contributed by atoms with Crippen LogP contribution in [-0.4, -0.2) is 16.3 Å². The highest BCUT2D eigenvalue weighted by molar-refractivity contribution is 6.31. The molecule has 1 N–H and O–H groups in total. The van der Waals surface area contributed by atoms with Crippen molar-refractivity contribution in [3.8, 4) is 11.1 Å². The van der Waals surface area contributed by atoms with Gasteiger partial charge in [0.05, 0.1) is 6.20 Å². The summed E-state index contributed by atoms with van der Waals surface area (Å²) in [7, 11) is 0. The largest absolute Gasteiger partial charge is 0.313 e. The van der Waals surface area contributed by atoms with E-state index in [0.29, 0.717) is 0 Å². The summed E-state index contributed by atoms with van der Waals surface area (Å²) in [5.74, 6) is 0. The van der Waals surface area contributed by atoms with Gasteiger partial charge in [-0.3, -0.25) is 4.68 Å². The van der Waals surface area contributed by atoms with Gasteiger partial charge >= 0.3 is 0 Å². The molecule has 108 valence electrons. The Morgan fingerprint density at radius 3 is 2.80 bits per heavy atom. The topological polar surface area (TPSA) is 29.9 Å². The molecule has 0 radical (unpaired) electrons. The molecule has 0 atom stereocenters. The zero-order chi connectivity index (χ0) is 14.4. The second-order valence-electron chi connectivity index (χ2n) is 4.98. The first kappa shape index (κ1) is 15.1. The van der Waals surface area contributed by atoms with E-state index in [1.54, 1.807) is 0 Å². The van der Waals surface area contributed by atoms with Crippen molar-refractivity contribution in [1.29, 1.82) is 0 Å². The number of aryl methyl sites for hydroxylation is 1. The van der Waals surface area contributed by atoms with Crippen LogP contribution in [0.15, 0.2) is 30.6 Å². The van der Waals surface area contributed by atoms with Crippen molar-refractivity contribution < 1.29 is 0 Å². The van der Waals surface area contributed by atoms with Gasteiger partial charge in [-0.05, 0) is 42.6 Å². The fraction of sp³-hybridized carbons (Fsp3) is 0.438. The fourth-order valence-electron chi connectivity index (χ4n) is 2.15. The Hall–Kier alpha value is -1.32. The highest BCUT2D eigenvalue weighted by Gasteiger charge is 2.06. The molecule has 0 spiro atoms. The number of benzene rings is 1. The Morgan fingerprint density at radius 1 is 1.20 bits per heavy atom. The molecule has 20 heavy (non-hydrogen) atoms. The zero-order valence-corrected chi connectivity index (χ0v) is 13.0. The molecule has 0 unspecified atom stereocenters. The third kappa shape index (κ3) is 3.84. The number of halogens is 1. The summed E-state index contributed by atoms with van der Waals surface area (Å²) >= 11 is 6.26. The SMILES string of the molecule is CCCNCc1cc(-c2cnn(CCC)c2)ccc1Cl. The minimum atomic E-state index is 0.809. The fourth-order valence-corrected chi connectivity index (χ4v) is 2.34. The van der Waals surface area contributed by atoms with Crippen LogP contribution < -0.4 is 5.32 Å². The van der Waals surface area contributed by atoms with Crippen molar-refractivity contribution in [2.75, 3.05) is 6.54 Å². The maximum Gasteiger partial charge on any atom is 0.0568 e. The number of hydrogen-bond donors (Lipinski definition) is 1. The van der Waals surface area contributed by atoms with Gasteiger partial charge in [-0.1, -0.05) is 31.5 Å². The molecule has 3 nitrogen and oxygen atoms in total. The first-order valence-electron chi connectivity index (χ1n) is 7.26. The lowest BCUT2D eigenvalue weighted by atomic mass is 10.1. The van der Waals surface area contributed by atoms with Crippen LogP contribution >= 0.6 is 11.6 Å². The number of rotatable bonds is 7. The average Bonchev–Trinajstić information content (AvgIpc) is 2.90. The van der Waals surface area contributed by atoms with E-state index in [1.165, 1.54) is 5.56 Å². The normalized spacial score (nSPS) is 10.9. The molecular weight excluding hydrogens is 270 g/mol. The van der Waals surface area contributed by atoms with E-state index in [9.17, 15) is 0 Å². The second-order valence-corrected chi connectivity index (χ2v) is 5.38. The van der Waals surface area contributed by atoms with Crippen LogP contribution in [0.1, 0.15) is 32.3 Å². The summed E-state index contributed by atoms with van der Waals surface area (Å²) in [5, 5.41) is 8.59. The van der Waals surface area contributed by atoms with Gasteiger partial charge in [-0.25, -0.2) is 0 Å². The van der Waals surface area contributed by atoms with Crippen molar-refractivity contribution >= 4 is 11.6 Å². The van der Waals surface area contributed by atoms with Crippen LogP contribution in [0.25, 0.3) is 11.1 Å². The molecule has 2 rings (SSSR count). The number of nitrogens with one attached hydrogen (secondary N) is 1. The molecule has 0 fully saturated rings. The molecule has 0 amide bonds. The maximum absolute atomic E-state index is 6.26. The number of aromatic nitrogens is 2. The van der Waals surface area contributed by atoms with Gasteiger partial charge in [0.2, 0.25) is 0 Å². The van der Waals surface area contributed by atoms with Crippen LogP contribution in [0.5, 0.6) is 0 Å². The van der Waals surface area contributed by atoms with Gasteiger partial charge in [0.1, 0.15) is 0 Å². The molecule has 4 heteroatoms. The lowest BCUT2D eigenvalue weighted by molar-refractivity contribution is 0.603. The quantitative estimate of drug-likeness (QED) is 0.778. The van der Waals surface area contributed by atoms with E-state index in [-0.39, 0.29) is 0 Å². The smallest absolute Gasteiger partial charge is 0.0568 e. The lowest BCUT2D eigenvalue weighted by Gasteiger charge is -2.08. The molecule has 0 saturated heterocycles. The van der Waals surface area contributed by atoms with Crippen LogP contribution in [0, 0.1) is 0 Å². The molecule has 0 saturated carbocycles. The average molecular weight is 292 g/mol. The minimum Gasteiger partial charge on any atom is -0.313 e. The summed E-state index contributed by atoms with van der Waals surface area (Å²) in [4.78, 5) is 0. The molecule has 2 aromatic rings. The van der Waals surface area contributed by atoms with E-state index in [0.717, 1.165) is 48.6 Å².